The summed E-state index contributed by atoms with van der Waals surface area (Å²) in [5.41, 5.74) is -0.408. The van der Waals surface area contributed by atoms with Gasteiger partial charge >= 0.3 is 0 Å². The lowest BCUT2D eigenvalue weighted by atomic mass is 9.97. The maximum absolute atomic E-state index is 11.5. The van der Waals surface area contributed by atoms with Gasteiger partial charge in [-0.05, 0) is 44.9 Å². The van der Waals surface area contributed by atoms with Gasteiger partial charge in [0, 0.05) is 6.61 Å². The van der Waals surface area contributed by atoms with Gasteiger partial charge in [-0.2, -0.15) is 0 Å². The minimum atomic E-state index is -0.408. The largest absolute Gasteiger partial charge is 0.367 e. The molecule has 0 aromatic heterocycles. The Kier molecular flexibility index (Phi) is 4.11. The molecule has 1 fully saturated rings. The highest BCUT2D eigenvalue weighted by atomic mass is 16.5. The fraction of sp³-hybridized carbons (Fsp3) is 0.917. The Hall–Kier alpha value is -0.370. The van der Waals surface area contributed by atoms with E-state index in [0.29, 0.717) is 5.92 Å². The van der Waals surface area contributed by atoms with E-state index in [1.807, 2.05) is 0 Å². The quantitative estimate of drug-likeness (QED) is 0.679. The lowest BCUT2D eigenvalue weighted by molar-refractivity contribution is -0.142. The smallest absolute Gasteiger partial charge is 0.161 e. The molecule has 0 aliphatic heterocycles. The van der Waals surface area contributed by atoms with Crippen molar-refractivity contribution in [3.63, 3.8) is 0 Å². The summed E-state index contributed by atoms with van der Waals surface area (Å²) in [6.07, 6.45) is 5.19. The summed E-state index contributed by atoms with van der Waals surface area (Å²) in [7, 11) is 0. The van der Waals surface area contributed by atoms with Crippen molar-refractivity contribution in [3.8, 4) is 0 Å². The minimum absolute atomic E-state index is 0.221. The normalized spacial score (nSPS) is 20.3. The molecule has 82 valence electrons. The minimum Gasteiger partial charge on any atom is -0.367 e. The van der Waals surface area contributed by atoms with Crippen LogP contribution in [-0.2, 0) is 9.53 Å². The highest BCUT2D eigenvalue weighted by Gasteiger charge is 2.39. The number of ether oxygens (including phenoxy) is 1. The van der Waals surface area contributed by atoms with E-state index in [0.717, 1.165) is 38.7 Å². The molecular formula is C12H22O2. The summed E-state index contributed by atoms with van der Waals surface area (Å²) in [5, 5.41) is 0. The third-order valence-electron chi connectivity index (χ3n) is 3.13. The van der Waals surface area contributed by atoms with Gasteiger partial charge in [-0.25, -0.2) is 0 Å². The first-order valence-electron chi connectivity index (χ1n) is 5.72. The highest BCUT2D eigenvalue weighted by molar-refractivity contribution is 5.85. The SMILES string of the molecule is CC(=O)C1(OCCC(C)C)CCCC1. The van der Waals surface area contributed by atoms with E-state index in [1.165, 1.54) is 0 Å². The summed E-state index contributed by atoms with van der Waals surface area (Å²) >= 11 is 0. The average Bonchev–Trinajstić information content (AvgIpc) is 2.53. The van der Waals surface area contributed by atoms with Gasteiger partial charge in [-0.1, -0.05) is 13.8 Å². The second kappa shape index (κ2) is 4.92. The van der Waals surface area contributed by atoms with E-state index in [4.69, 9.17) is 4.74 Å². The summed E-state index contributed by atoms with van der Waals surface area (Å²) in [6.45, 7) is 6.76. The molecule has 1 saturated carbocycles. The van der Waals surface area contributed by atoms with Crippen LogP contribution in [0.4, 0.5) is 0 Å². The number of rotatable bonds is 5. The Labute approximate surface area is 87.0 Å². The van der Waals surface area contributed by atoms with Crippen molar-refractivity contribution in [3.05, 3.63) is 0 Å². The molecule has 2 heteroatoms. The zero-order chi connectivity index (χ0) is 10.6. The van der Waals surface area contributed by atoms with Crippen molar-refractivity contribution in [2.24, 2.45) is 5.92 Å². The van der Waals surface area contributed by atoms with Crippen molar-refractivity contribution in [1.29, 1.82) is 0 Å². The standard InChI is InChI=1S/C12H22O2/c1-10(2)6-9-14-12(11(3)13)7-4-5-8-12/h10H,4-9H2,1-3H3. The van der Waals surface area contributed by atoms with Crippen LogP contribution in [0, 0.1) is 5.92 Å². The fourth-order valence-corrected chi connectivity index (χ4v) is 2.03. The molecule has 1 aliphatic rings. The van der Waals surface area contributed by atoms with E-state index < -0.39 is 5.60 Å². The van der Waals surface area contributed by atoms with E-state index in [1.54, 1.807) is 6.92 Å². The first-order chi connectivity index (χ1) is 6.57. The first kappa shape index (κ1) is 11.7. The van der Waals surface area contributed by atoms with Gasteiger partial charge in [0.2, 0.25) is 0 Å². The van der Waals surface area contributed by atoms with E-state index in [9.17, 15) is 4.79 Å². The number of ketones is 1. The summed E-state index contributed by atoms with van der Waals surface area (Å²) in [5.74, 6) is 0.874. The van der Waals surface area contributed by atoms with Crippen LogP contribution in [0.5, 0.6) is 0 Å². The van der Waals surface area contributed by atoms with Crippen molar-refractivity contribution >= 4 is 5.78 Å². The van der Waals surface area contributed by atoms with Gasteiger partial charge in [-0.3, -0.25) is 4.79 Å². The monoisotopic (exact) mass is 198 g/mol. The molecule has 0 unspecified atom stereocenters. The van der Waals surface area contributed by atoms with Crippen LogP contribution in [0.15, 0.2) is 0 Å². The third kappa shape index (κ3) is 2.81. The Morgan fingerprint density at radius 1 is 1.36 bits per heavy atom. The lowest BCUT2D eigenvalue weighted by Crippen LogP contribution is -2.37. The van der Waals surface area contributed by atoms with E-state index in [-0.39, 0.29) is 5.78 Å². The number of Topliss-reactive ketones (excluding diaryl/α,β-unsaturated/α-hetero) is 1. The van der Waals surface area contributed by atoms with Crippen LogP contribution in [0.25, 0.3) is 0 Å². The molecule has 0 N–H and O–H groups in total. The first-order valence-corrected chi connectivity index (χ1v) is 5.72. The molecule has 0 saturated heterocycles. The van der Waals surface area contributed by atoms with Crippen LogP contribution in [-0.4, -0.2) is 18.0 Å². The van der Waals surface area contributed by atoms with Crippen LogP contribution >= 0.6 is 0 Å². The van der Waals surface area contributed by atoms with Gasteiger partial charge in [0.25, 0.3) is 0 Å². The Bertz CT molecular complexity index is 190. The van der Waals surface area contributed by atoms with Gasteiger partial charge in [-0.15, -0.1) is 0 Å². The summed E-state index contributed by atoms with van der Waals surface area (Å²) < 4.78 is 5.81. The molecule has 0 radical (unpaired) electrons. The molecule has 14 heavy (non-hydrogen) atoms. The van der Waals surface area contributed by atoms with Crippen molar-refractivity contribution in [2.75, 3.05) is 6.61 Å². The molecule has 0 bridgehead atoms. The van der Waals surface area contributed by atoms with E-state index >= 15 is 0 Å². The molecular weight excluding hydrogens is 176 g/mol. The van der Waals surface area contributed by atoms with Crippen LogP contribution < -0.4 is 0 Å². The van der Waals surface area contributed by atoms with Gasteiger partial charge in [0.05, 0.1) is 0 Å². The lowest BCUT2D eigenvalue weighted by Gasteiger charge is -2.26. The Morgan fingerprint density at radius 3 is 2.36 bits per heavy atom. The molecule has 0 amide bonds. The van der Waals surface area contributed by atoms with Gasteiger partial charge in [0.1, 0.15) is 5.60 Å². The van der Waals surface area contributed by atoms with Crippen molar-refractivity contribution in [2.45, 2.75) is 58.5 Å². The molecule has 1 rings (SSSR count). The van der Waals surface area contributed by atoms with Crippen molar-refractivity contribution in [1.82, 2.24) is 0 Å². The van der Waals surface area contributed by atoms with Crippen LogP contribution in [0.1, 0.15) is 52.9 Å². The van der Waals surface area contributed by atoms with Crippen LogP contribution in [0.2, 0.25) is 0 Å². The highest BCUT2D eigenvalue weighted by Crippen LogP contribution is 2.34. The number of hydrogen-bond donors (Lipinski definition) is 0. The van der Waals surface area contributed by atoms with Gasteiger partial charge < -0.3 is 4.74 Å². The zero-order valence-electron chi connectivity index (χ0n) is 9.64. The second-order valence-corrected chi connectivity index (χ2v) is 4.79. The average molecular weight is 198 g/mol. The summed E-state index contributed by atoms with van der Waals surface area (Å²) in [4.78, 5) is 11.5. The third-order valence-corrected chi connectivity index (χ3v) is 3.13. The second-order valence-electron chi connectivity index (χ2n) is 4.79. The predicted molar refractivity (Wildman–Crippen MR) is 57.3 cm³/mol. The molecule has 0 aromatic carbocycles. The van der Waals surface area contributed by atoms with E-state index in [2.05, 4.69) is 13.8 Å². The molecule has 0 spiro atoms. The topological polar surface area (TPSA) is 26.3 Å². The molecule has 0 atom stereocenters. The number of carbonyl (C=O) groups is 1. The maximum atomic E-state index is 11.5. The maximum Gasteiger partial charge on any atom is 0.161 e. The molecule has 0 aromatic rings. The van der Waals surface area contributed by atoms with Crippen LogP contribution in [0.3, 0.4) is 0 Å². The number of hydrogen-bond acceptors (Lipinski definition) is 2. The number of carbonyl (C=O) groups excluding carboxylic acids is 1. The summed E-state index contributed by atoms with van der Waals surface area (Å²) in [6, 6.07) is 0. The fourth-order valence-electron chi connectivity index (χ4n) is 2.03. The predicted octanol–water partition coefficient (Wildman–Crippen LogP) is 2.95. The molecule has 0 heterocycles. The molecule has 2 nitrogen and oxygen atoms in total. The Morgan fingerprint density at radius 2 is 1.93 bits per heavy atom. The molecule has 1 aliphatic carbocycles. The zero-order valence-corrected chi connectivity index (χ0v) is 9.64. The van der Waals surface area contributed by atoms with Gasteiger partial charge in [0.15, 0.2) is 5.78 Å². The van der Waals surface area contributed by atoms with Crippen molar-refractivity contribution < 1.29 is 9.53 Å². The Balaban J connectivity index is 2.40.